The van der Waals surface area contributed by atoms with Crippen molar-refractivity contribution < 1.29 is 14.3 Å². The highest BCUT2D eigenvalue weighted by Crippen LogP contribution is 2.24. The lowest BCUT2D eigenvalue weighted by Gasteiger charge is -2.12. The number of ether oxygens (including phenoxy) is 1. The van der Waals surface area contributed by atoms with Gasteiger partial charge < -0.3 is 20.7 Å². The third-order valence-electron chi connectivity index (χ3n) is 3.50. The molecule has 1 aliphatic rings. The number of hydrogen-bond donors (Lipinski definition) is 3. The SMILES string of the molecule is O=C1NC[C@@H](C(=O)NCCOc2cccc3ccccc23)N1. The summed E-state index contributed by atoms with van der Waals surface area (Å²) < 4.78 is 5.74. The Bertz CT molecular complexity index is 697. The van der Waals surface area contributed by atoms with Gasteiger partial charge in [-0.3, -0.25) is 4.79 Å². The van der Waals surface area contributed by atoms with Crippen LogP contribution in [0.15, 0.2) is 42.5 Å². The summed E-state index contributed by atoms with van der Waals surface area (Å²) in [6, 6.07) is 13.0. The van der Waals surface area contributed by atoms with Crippen molar-refractivity contribution in [3.63, 3.8) is 0 Å². The third-order valence-corrected chi connectivity index (χ3v) is 3.50. The highest BCUT2D eigenvalue weighted by atomic mass is 16.5. The summed E-state index contributed by atoms with van der Waals surface area (Å²) in [5.41, 5.74) is 0. The molecule has 3 N–H and O–H groups in total. The van der Waals surface area contributed by atoms with Gasteiger partial charge in [0.25, 0.3) is 0 Å². The molecule has 1 heterocycles. The Morgan fingerprint density at radius 2 is 2.05 bits per heavy atom. The van der Waals surface area contributed by atoms with E-state index in [-0.39, 0.29) is 11.9 Å². The smallest absolute Gasteiger partial charge is 0.315 e. The van der Waals surface area contributed by atoms with Crippen molar-refractivity contribution in [3.8, 4) is 5.75 Å². The largest absolute Gasteiger partial charge is 0.491 e. The third kappa shape index (κ3) is 3.11. The van der Waals surface area contributed by atoms with Crippen LogP contribution in [0, 0.1) is 0 Å². The molecule has 114 valence electrons. The second-order valence-corrected chi connectivity index (χ2v) is 5.02. The summed E-state index contributed by atoms with van der Waals surface area (Å²) in [5.74, 6) is 0.586. The number of urea groups is 1. The minimum atomic E-state index is -0.509. The van der Waals surface area contributed by atoms with Crippen molar-refractivity contribution in [1.29, 1.82) is 0 Å². The first-order chi connectivity index (χ1) is 10.7. The van der Waals surface area contributed by atoms with E-state index in [2.05, 4.69) is 16.0 Å². The molecule has 1 saturated heterocycles. The minimum absolute atomic E-state index is 0.208. The number of hydrogen-bond acceptors (Lipinski definition) is 3. The van der Waals surface area contributed by atoms with E-state index in [0.717, 1.165) is 16.5 Å². The molecular formula is C16H17N3O3. The molecule has 1 atom stereocenters. The molecule has 0 aromatic heterocycles. The van der Waals surface area contributed by atoms with E-state index in [9.17, 15) is 9.59 Å². The molecule has 0 aliphatic carbocycles. The van der Waals surface area contributed by atoms with Gasteiger partial charge in [0.1, 0.15) is 18.4 Å². The fourth-order valence-electron chi connectivity index (χ4n) is 2.39. The normalized spacial score (nSPS) is 16.9. The van der Waals surface area contributed by atoms with E-state index >= 15 is 0 Å². The van der Waals surface area contributed by atoms with Crippen LogP contribution in [0.5, 0.6) is 5.75 Å². The lowest BCUT2D eigenvalue weighted by atomic mass is 10.1. The summed E-state index contributed by atoms with van der Waals surface area (Å²) in [7, 11) is 0. The minimum Gasteiger partial charge on any atom is -0.491 e. The molecule has 22 heavy (non-hydrogen) atoms. The van der Waals surface area contributed by atoms with Crippen LogP contribution < -0.4 is 20.7 Å². The van der Waals surface area contributed by atoms with Crippen LogP contribution in [0.25, 0.3) is 10.8 Å². The van der Waals surface area contributed by atoms with Crippen molar-refractivity contribution in [2.75, 3.05) is 19.7 Å². The van der Waals surface area contributed by atoms with Gasteiger partial charge in [-0.05, 0) is 11.5 Å². The molecule has 6 nitrogen and oxygen atoms in total. The maximum atomic E-state index is 11.8. The van der Waals surface area contributed by atoms with Gasteiger partial charge in [-0.2, -0.15) is 0 Å². The van der Waals surface area contributed by atoms with E-state index in [0.29, 0.717) is 19.7 Å². The second kappa shape index (κ2) is 6.34. The van der Waals surface area contributed by atoms with Gasteiger partial charge in [0.15, 0.2) is 0 Å². The highest BCUT2D eigenvalue weighted by Gasteiger charge is 2.26. The Labute approximate surface area is 127 Å². The predicted octanol–water partition coefficient (Wildman–Crippen LogP) is 1.02. The Morgan fingerprint density at radius 3 is 2.86 bits per heavy atom. The van der Waals surface area contributed by atoms with E-state index in [4.69, 9.17) is 4.74 Å². The number of fused-ring (bicyclic) bond motifs is 1. The Balaban J connectivity index is 1.50. The van der Waals surface area contributed by atoms with Crippen molar-refractivity contribution >= 4 is 22.7 Å². The molecule has 3 rings (SSSR count). The summed E-state index contributed by atoms with van der Waals surface area (Å²) in [6.07, 6.45) is 0. The van der Waals surface area contributed by atoms with Gasteiger partial charge in [0.2, 0.25) is 5.91 Å². The zero-order chi connectivity index (χ0) is 15.4. The number of rotatable bonds is 5. The van der Waals surface area contributed by atoms with Crippen LogP contribution in [0.3, 0.4) is 0 Å². The fraction of sp³-hybridized carbons (Fsp3) is 0.250. The maximum absolute atomic E-state index is 11.8. The number of amides is 3. The highest BCUT2D eigenvalue weighted by molar-refractivity contribution is 5.90. The molecule has 0 unspecified atom stereocenters. The standard InChI is InChI=1S/C16H17N3O3/c20-15(13-10-18-16(21)19-13)17-8-9-22-14-7-3-5-11-4-1-2-6-12(11)14/h1-7,13H,8-10H2,(H,17,20)(H2,18,19,21)/t13-/m0/s1. The summed E-state index contributed by atoms with van der Waals surface area (Å²) in [4.78, 5) is 22.8. The molecule has 2 aromatic carbocycles. The maximum Gasteiger partial charge on any atom is 0.315 e. The zero-order valence-corrected chi connectivity index (χ0v) is 12.0. The van der Waals surface area contributed by atoms with E-state index in [1.165, 1.54) is 0 Å². The molecule has 0 radical (unpaired) electrons. The van der Waals surface area contributed by atoms with E-state index < -0.39 is 6.04 Å². The second-order valence-electron chi connectivity index (χ2n) is 5.02. The first kappa shape index (κ1) is 14.2. The quantitative estimate of drug-likeness (QED) is 0.721. The molecule has 0 saturated carbocycles. The van der Waals surface area contributed by atoms with Crippen LogP contribution in [-0.2, 0) is 4.79 Å². The van der Waals surface area contributed by atoms with Gasteiger partial charge in [-0.25, -0.2) is 4.79 Å². The molecule has 0 bridgehead atoms. The van der Waals surface area contributed by atoms with Crippen LogP contribution in [0.4, 0.5) is 4.79 Å². The topological polar surface area (TPSA) is 79.5 Å². The van der Waals surface area contributed by atoms with Crippen molar-refractivity contribution in [3.05, 3.63) is 42.5 Å². The van der Waals surface area contributed by atoms with Gasteiger partial charge in [-0.15, -0.1) is 0 Å². The first-order valence-corrected chi connectivity index (χ1v) is 7.17. The molecule has 1 fully saturated rings. The molecule has 3 amide bonds. The van der Waals surface area contributed by atoms with Crippen LogP contribution in [0.1, 0.15) is 0 Å². The number of carbonyl (C=O) groups is 2. The lowest BCUT2D eigenvalue weighted by molar-refractivity contribution is -0.122. The zero-order valence-electron chi connectivity index (χ0n) is 12.0. The van der Waals surface area contributed by atoms with E-state index in [1.54, 1.807) is 0 Å². The van der Waals surface area contributed by atoms with Crippen molar-refractivity contribution in [1.82, 2.24) is 16.0 Å². The molecule has 6 heteroatoms. The van der Waals surface area contributed by atoms with Gasteiger partial charge in [0.05, 0.1) is 6.54 Å². The average Bonchev–Trinajstić information content (AvgIpc) is 2.98. The number of benzene rings is 2. The molecule has 0 spiro atoms. The Kier molecular flexibility index (Phi) is 4.09. The average molecular weight is 299 g/mol. The van der Waals surface area contributed by atoms with Crippen molar-refractivity contribution in [2.24, 2.45) is 0 Å². The van der Waals surface area contributed by atoms with Crippen LogP contribution in [-0.4, -0.2) is 37.7 Å². The van der Waals surface area contributed by atoms with E-state index in [1.807, 2.05) is 42.5 Å². The Morgan fingerprint density at radius 1 is 1.23 bits per heavy atom. The van der Waals surface area contributed by atoms with Crippen LogP contribution in [0.2, 0.25) is 0 Å². The predicted molar refractivity (Wildman–Crippen MR) is 82.8 cm³/mol. The Hall–Kier alpha value is -2.76. The van der Waals surface area contributed by atoms with Gasteiger partial charge in [0, 0.05) is 11.9 Å². The summed E-state index contributed by atoms with van der Waals surface area (Å²) in [6.45, 7) is 1.07. The number of nitrogens with one attached hydrogen (secondary N) is 3. The van der Waals surface area contributed by atoms with Crippen molar-refractivity contribution in [2.45, 2.75) is 6.04 Å². The lowest BCUT2D eigenvalue weighted by Crippen LogP contribution is -2.44. The number of carbonyl (C=O) groups excluding carboxylic acids is 2. The fourth-order valence-corrected chi connectivity index (χ4v) is 2.39. The molecular weight excluding hydrogens is 282 g/mol. The summed E-state index contributed by atoms with van der Waals surface area (Å²) in [5, 5.41) is 9.98. The monoisotopic (exact) mass is 299 g/mol. The van der Waals surface area contributed by atoms with Gasteiger partial charge >= 0.3 is 6.03 Å². The summed E-state index contributed by atoms with van der Waals surface area (Å²) >= 11 is 0. The van der Waals surface area contributed by atoms with Crippen LogP contribution >= 0.6 is 0 Å². The molecule has 1 aliphatic heterocycles. The molecule has 2 aromatic rings. The van der Waals surface area contributed by atoms with Gasteiger partial charge in [-0.1, -0.05) is 36.4 Å². The first-order valence-electron chi connectivity index (χ1n) is 7.17.